The first-order valence-electron chi connectivity index (χ1n) is 5.64. The van der Waals surface area contributed by atoms with E-state index in [0.29, 0.717) is 11.3 Å². The molecular formula is C14H10ClF3O2. The van der Waals surface area contributed by atoms with Gasteiger partial charge in [-0.2, -0.15) is 13.2 Å². The van der Waals surface area contributed by atoms with Gasteiger partial charge >= 0.3 is 6.18 Å². The summed E-state index contributed by atoms with van der Waals surface area (Å²) in [5.41, 5.74) is -0.327. The van der Waals surface area contributed by atoms with Crippen LogP contribution in [0.1, 0.15) is 11.1 Å². The largest absolute Gasteiger partial charge is 0.506 e. The van der Waals surface area contributed by atoms with E-state index in [2.05, 4.69) is 0 Å². The summed E-state index contributed by atoms with van der Waals surface area (Å²) in [6, 6.07) is 9.12. The summed E-state index contributed by atoms with van der Waals surface area (Å²) in [5.74, 6) is 0.281. The van der Waals surface area contributed by atoms with Crippen LogP contribution < -0.4 is 4.74 Å². The Morgan fingerprint density at radius 3 is 2.50 bits per heavy atom. The summed E-state index contributed by atoms with van der Waals surface area (Å²) in [6.07, 6.45) is -4.38. The van der Waals surface area contributed by atoms with Gasteiger partial charge in [0.05, 0.1) is 10.6 Å². The molecule has 0 atom stereocenters. The molecule has 0 unspecified atom stereocenters. The zero-order valence-corrected chi connectivity index (χ0v) is 10.9. The minimum Gasteiger partial charge on any atom is -0.506 e. The molecule has 2 aromatic carbocycles. The standard InChI is InChI=1S/C14H10ClF3O2/c15-12-7-11(4-5-13(12)19)20-8-9-2-1-3-10(6-9)14(16,17)18/h1-7,19H,8H2. The van der Waals surface area contributed by atoms with Crippen molar-refractivity contribution >= 4 is 11.6 Å². The number of hydrogen-bond acceptors (Lipinski definition) is 2. The molecule has 2 aromatic rings. The molecule has 0 amide bonds. The van der Waals surface area contributed by atoms with Gasteiger partial charge in [-0.25, -0.2) is 0 Å². The molecule has 20 heavy (non-hydrogen) atoms. The van der Waals surface area contributed by atoms with Gasteiger partial charge in [-0.05, 0) is 29.8 Å². The van der Waals surface area contributed by atoms with Crippen LogP contribution >= 0.6 is 11.6 Å². The summed E-state index contributed by atoms with van der Waals surface area (Å²) in [5, 5.41) is 9.36. The lowest BCUT2D eigenvalue weighted by Crippen LogP contribution is -2.06. The highest BCUT2D eigenvalue weighted by atomic mass is 35.5. The Bertz CT molecular complexity index is 612. The third kappa shape index (κ3) is 3.57. The van der Waals surface area contributed by atoms with Gasteiger partial charge in [0, 0.05) is 6.07 Å². The second-order valence-electron chi connectivity index (χ2n) is 4.10. The Morgan fingerprint density at radius 2 is 1.85 bits per heavy atom. The van der Waals surface area contributed by atoms with E-state index in [1.54, 1.807) is 0 Å². The summed E-state index contributed by atoms with van der Waals surface area (Å²) >= 11 is 5.70. The lowest BCUT2D eigenvalue weighted by molar-refractivity contribution is -0.137. The number of aromatic hydroxyl groups is 1. The molecule has 106 valence electrons. The third-order valence-electron chi connectivity index (χ3n) is 2.58. The highest BCUT2D eigenvalue weighted by molar-refractivity contribution is 6.32. The van der Waals surface area contributed by atoms with E-state index in [9.17, 15) is 18.3 Å². The lowest BCUT2D eigenvalue weighted by Gasteiger charge is -2.10. The quantitative estimate of drug-likeness (QED) is 0.894. The van der Waals surface area contributed by atoms with Gasteiger partial charge in [-0.1, -0.05) is 23.7 Å². The van der Waals surface area contributed by atoms with Crippen LogP contribution in [0.25, 0.3) is 0 Å². The molecule has 0 radical (unpaired) electrons. The van der Waals surface area contributed by atoms with Crippen LogP contribution in [-0.2, 0) is 12.8 Å². The van der Waals surface area contributed by atoms with Crippen molar-refractivity contribution in [1.29, 1.82) is 0 Å². The molecule has 0 aliphatic carbocycles. The predicted molar refractivity (Wildman–Crippen MR) is 68.9 cm³/mol. The fraction of sp³-hybridized carbons (Fsp3) is 0.143. The van der Waals surface area contributed by atoms with E-state index in [0.717, 1.165) is 12.1 Å². The van der Waals surface area contributed by atoms with Crippen LogP contribution in [0.4, 0.5) is 13.2 Å². The molecule has 0 saturated carbocycles. The number of benzene rings is 2. The fourth-order valence-corrected chi connectivity index (χ4v) is 1.75. The van der Waals surface area contributed by atoms with Crippen LogP contribution in [0.3, 0.4) is 0 Å². The maximum absolute atomic E-state index is 12.5. The van der Waals surface area contributed by atoms with Gasteiger partial charge in [0.25, 0.3) is 0 Å². The Labute approximate surface area is 118 Å². The van der Waals surface area contributed by atoms with Crippen molar-refractivity contribution in [3.05, 3.63) is 58.6 Å². The molecule has 0 saturated heterocycles. The predicted octanol–water partition coefficient (Wildman–Crippen LogP) is 4.64. The van der Waals surface area contributed by atoms with E-state index >= 15 is 0 Å². The van der Waals surface area contributed by atoms with Crippen molar-refractivity contribution in [3.63, 3.8) is 0 Å². The average molecular weight is 303 g/mol. The van der Waals surface area contributed by atoms with Crippen molar-refractivity contribution in [2.24, 2.45) is 0 Å². The van der Waals surface area contributed by atoms with Crippen LogP contribution in [0.5, 0.6) is 11.5 Å². The maximum atomic E-state index is 12.5. The molecule has 2 rings (SSSR count). The summed E-state index contributed by atoms with van der Waals surface area (Å²) < 4.78 is 43.0. The Kier molecular flexibility index (Phi) is 4.09. The van der Waals surface area contributed by atoms with Gasteiger partial charge in [-0.15, -0.1) is 0 Å². The SMILES string of the molecule is Oc1ccc(OCc2cccc(C(F)(F)F)c2)cc1Cl. The van der Waals surface area contributed by atoms with Crippen molar-refractivity contribution in [3.8, 4) is 11.5 Å². The van der Waals surface area contributed by atoms with Crippen LogP contribution in [-0.4, -0.2) is 5.11 Å². The Morgan fingerprint density at radius 1 is 1.10 bits per heavy atom. The minimum absolute atomic E-state index is 0.0228. The zero-order chi connectivity index (χ0) is 14.8. The third-order valence-corrected chi connectivity index (χ3v) is 2.88. The van der Waals surface area contributed by atoms with Gasteiger partial charge in [0.15, 0.2) is 0 Å². The number of phenolic OH excluding ortho intramolecular Hbond substituents is 1. The first kappa shape index (κ1) is 14.5. The molecule has 0 heterocycles. The minimum atomic E-state index is -4.38. The van der Waals surface area contributed by atoms with Gasteiger partial charge < -0.3 is 9.84 Å². The van der Waals surface area contributed by atoms with Crippen LogP contribution in [0.15, 0.2) is 42.5 Å². The number of halogens is 4. The van der Waals surface area contributed by atoms with Gasteiger partial charge in [0.1, 0.15) is 18.1 Å². The van der Waals surface area contributed by atoms with Gasteiger partial charge in [0.2, 0.25) is 0 Å². The highest BCUT2D eigenvalue weighted by Gasteiger charge is 2.30. The first-order chi connectivity index (χ1) is 9.36. The fourth-order valence-electron chi connectivity index (χ4n) is 1.58. The van der Waals surface area contributed by atoms with Crippen molar-refractivity contribution in [2.75, 3.05) is 0 Å². The smallest absolute Gasteiger partial charge is 0.416 e. The van der Waals surface area contributed by atoms with E-state index in [1.165, 1.54) is 30.3 Å². The topological polar surface area (TPSA) is 29.5 Å². The summed E-state index contributed by atoms with van der Waals surface area (Å²) in [6.45, 7) is -0.0228. The van der Waals surface area contributed by atoms with Gasteiger partial charge in [-0.3, -0.25) is 0 Å². The second kappa shape index (κ2) is 5.63. The van der Waals surface area contributed by atoms with E-state index < -0.39 is 11.7 Å². The molecule has 6 heteroatoms. The first-order valence-corrected chi connectivity index (χ1v) is 6.01. The molecule has 2 nitrogen and oxygen atoms in total. The summed E-state index contributed by atoms with van der Waals surface area (Å²) in [7, 11) is 0. The number of phenols is 1. The average Bonchev–Trinajstić information content (AvgIpc) is 2.39. The van der Waals surface area contributed by atoms with Crippen molar-refractivity contribution in [1.82, 2.24) is 0 Å². The van der Waals surface area contributed by atoms with E-state index in [-0.39, 0.29) is 17.4 Å². The molecule has 1 N–H and O–H groups in total. The molecule has 0 bridgehead atoms. The monoisotopic (exact) mass is 302 g/mol. The van der Waals surface area contributed by atoms with Crippen LogP contribution in [0.2, 0.25) is 5.02 Å². The summed E-state index contributed by atoms with van der Waals surface area (Å²) in [4.78, 5) is 0. The number of ether oxygens (including phenoxy) is 1. The molecular weight excluding hydrogens is 293 g/mol. The molecule has 0 aliphatic rings. The normalized spacial score (nSPS) is 11.4. The Balaban J connectivity index is 2.09. The van der Waals surface area contributed by atoms with Crippen LogP contribution in [0, 0.1) is 0 Å². The number of rotatable bonds is 3. The zero-order valence-electron chi connectivity index (χ0n) is 10.1. The maximum Gasteiger partial charge on any atom is 0.416 e. The van der Waals surface area contributed by atoms with E-state index in [1.807, 2.05) is 0 Å². The van der Waals surface area contributed by atoms with Crippen molar-refractivity contribution < 1.29 is 23.0 Å². The lowest BCUT2D eigenvalue weighted by atomic mass is 10.1. The molecule has 0 fully saturated rings. The highest BCUT2D eigenvalue weighted by Crippen LogP contribution is 2.30. The number of alkyl halides is 3. The second-order valence-corrected chi connectivity index (χ2v) is 4.51. The Hall–Kier alpha value is -1.88. The molecule has 0 aromatic heterocycles. The van der Waals surface area contributed by atoms with E-state index in [4.69, 9.17) is 16.3 Å². The molecule has 0 spiro atoms. The molecule has 0 aliphatic heterocycles. The number of hydrogen-bond donors (Lipinski definition) is 1. The van der Waals surface area contributed by atoms with Crippen molar-refractivity contribution in [2.45, 2.75) is 12.8 Å².